The molecule has 2 N–H and O–H groups in total. The Morgan fingerprint density at radius 1 is 1.02 bits per heavy atom. The summed E-state index contributed by atoms with van der Waals surface area (Å²) in [6.07, 6.45) is 5.54. The molecule has 2 aromatic carbocycles. The quantitative estimate of drug-likeness (QED) is 0.284. The lowest BCUT2D eigenvalue weighted by atomic mass is 9.87. The molecule has 45 heavy (non-hydrogen) atoms. The number of aromatic nitrogens is 2. The fourth-order valence-electron chi connectivity index (χ4n) is 6.13. The van der Waals surface area contributed by atoms with Gasteiger partial charge in [0.2, 0.25) is 5.91 Å². The van der Waals surface area contributed by atoms with Crippen molar-refractivity contribution >= 4 is 40.5 Å². The normalized spacial score (nSPS) is 18.4. The number of thiophene rings is 1. The molecule has 0 saturated carbocycles. The van der Waals surface area contributed by atoms with Crippen molar-refractivity contribution in [3.05, 3.63) is 86.6 Å². The number of piperazine rings is 1. The van der Waals surface area contributed by atoms with Crippen LogP contribution in [0.3, 0.4) is 0 Å². The van der Waals surface area contributed by atoms with Gasteiger partial charge in [-0.25, -0.2) is 9.78 Å². The molecule has 1 atom stereocenters. The van der Waals surface area contributed by atoms with E-state index in [1.165, 1.54) is 27.8 Å². The van der Waals surface area contributed by atoms with E-state index in [4.69, 9.17) is 4.74 Å². The minimum absolute atomic E-state index is 0.0470. The predicted molar refractivity (Wildman–Crippen MR) is 178 cm³/mol. The summed E-state index contributed by atoms with van der Waals surface area (Å²) in [6, 6.07) is 15.1. The smallest absolute Gasteiger partial charge is 0.399 e. The SMILES string of the molecule is Cc1c(NC(=O)Oc2cc3c(s2)CCCC3)cccc1-c1cn(C)c(=O)c(Nc2ccc(C3(C)C(=O)N(C)CCN3C)cc2)n1. The van der Waals surface area contributed by atoms with Crippen LogP contribution in [0.2, 0.25) is 0 Å². The molecule has 0 radical (unpaired) electrons. The molecule has 2 aliphatic rings. The summed E-state index contributed by atoms with van der Waals surface area (Å²) >= 11 is 1.54. The molecule has 2 aromatic heterocycles. The molecule has 1 unspecified atom stereocenters. The van der Waals surface area contributed by atoms with Gasteiger partial charge in [0, 0.05) is 55.2 Å². The van der Waals surface area contributed by atoms with Gasteiger partial charge in [-0.05, 0) is 87.5 Å². The van der Waals surface area contributed by atoms with Gasteiger partial charge in [0.15, 0.2) is 10.9 Å². The lowest BCUT2D eigenvalue weighted by Crippen LogP contribution is -2.60. The molecule has 234 valence electrons. The van der Waals surface area contributed by atoms with Gasteiger partial charge in [0.25, 0.3) is 5.56 Å². The van der Waals surface area contributed by atoms with Crippen LogP contribution < -0.4 is 20.9 Å². The molecule has 3 heterocycles. The van der Waals surface area contributed by atoms with Crippen molar-refractivity contribution in [3.8, 4) is 16.3 Å². The Morgan fingerprint density at radius 2 is 1.78 bits per heavy atom. The second kappa shape index (κ2) is 12.1. The second-order valence-corrected chi connectivity index (χ2v) is 13.1. The second-order valence-electron chi connectivity index (χ2n) is 12.0. The third-order valence-corrected chi connectivity index (χ3v) is 10.2. The van der Waals surface area contributed by atoms with Gasteiger partial charge in [0.1, 0.15) is 5.54 Å². The molecule has 2 amide bonds. The molecule has 0 spiro atoms. The Kier molecular flexibility index (Phi) is 8.23. The van der Waals surface area contributed by atoms with Crippen molar-refractivity contribution in [2.45, 2.75) is 45.1 Å². The molecule has 1 aliphatic heterocycles. The number of fused-ring (bicyclic) bond motifs is 1. The largest absolute Gasteiger partial charge is 0.417 e. The fourth-order valence-corrected chi connectivity index (χ4v) is 7.23. The minimum atomic E-state index is -0.772. The van der Waals surface area contributed by atoms with Crippen LogP contribution in [0, 0.1) is 6.92 Å². The van der Waals surface area contributed by atoms with E-state index in [1.807, 2.05) is 76.5 Å². The molecule has 10 nitrogen and oxygen atoms in total. The summed E-state index contributed by atoms with van der Waals surface area (Å²) in [6.45, 7) is 5.30. The van der Waals surface area contributed by atoms with Crippen molar-refractivity contribution in [1.29, 1.82) is 0 Å². The van der Waals surface area contributed by atoms with Crippen LogP contribution in [0.25, 0.3) is 11.3 Å². The Bertz CT molecular complexity index is 1810. The van der Waals surface area contributed by atoms with Crippen LogP contribution in [0.5, 0.6) is 5.06 Å². The van der Waals surface area contributed by atoms with E-state index in [0.29, 0.717) is 28.7 Å². The molecule has 1 fully saturated rings. The topological polar surface area (TPSA) is 109 Å². The van der Waals surface area contributed by atoms with E-state index in [1.54, 1.807) is 29.5 Å². The third-order valence-electron chi connectivity index (χ3n) is 9.09. The first-order valence-corrected chi connectivity index (χ1v) is 16.0. The zero-order chi connectivity index (χ0) is 31.9. The first-order valence-electron chi connectivity index (χ1n) is 15.2. The Labute approximate surface area is 266 Å². The van der Waals surface area contributed by atoms with Gasteiger partial charge in [0.05, 0.1) is 5.69 Å². The molecule has 1 saturated heterocycles. The number of amides is 2. The number of likely N-dealkylation sites (N-methyl/N-ethyl adjacent to an activating group) is 2. The summed E-state index contributed by atoms with van der Waals surface area (Å²) in [7, 11) is 5.47. The highest BCUT2D eigenvalue weighted by molar-refractivity contribution is 7.14. The number of nitrogens with zero attached hydrogens (tertiary/aromatic N) is 4. The molecule has 4 aromatic rings. The fraction of sp³-hybridized carbons (Fsp3) is 0.353. The average Bonchev–Trinajstić information content (AvgIpc) is 3.44. The van der Waals surface area contributed by atoms with E-state index in [2.05, 4.69) is 20.5 Å². The number of hydrogen-bond acceptors (Lipinski definition) is 8. The van der Waals surface area contributed by atoms with E-state index in [9.17, 15) is 14.4 Å². The van der Waals surface area contributed by atoms with Crippen molar-refractivity contribution < 1.29 is 14.3 Å². The minimum Gasteiger partial charge on any atom is -0.399 e. The Balaban J connectivity index is 1.21. The lowest BCUT2D eigenvalue weighted by Gasteiger charge is -2.45. The number of nitrogens with one attached hydrogen (secondary N) is 2. The van der Waals surface area contributed by atoms with Gasteiger partial charge in [-0.15, -0.1) is 11.3 Å². The van der Waals surface area contributed by atoms with Crippen LogP contribution in [0.15, 0.2) is 59.5 Å². The predicted octanol–water partition coefficient (Wildman–Crippen LogP) is 5.67. The molecular weight excluding hydrogens is 588 g/mol. The third kappa shape index (κ3) is 5.85. The number of benzene rings is 2. The lowest BCUT2D eigenvalue weighted by molar-refractivity contribution is -0.147. The van der Waals surface area contributed by atoms with Gasteiger partial charge in [-0.1, -0.05) is 24.3 Å². The van der Waals surface area contributed by atoms with Crippen LogP contribution in [0.1, 0.15) is 41.3 Å². The number of anilines is 3. The summed E-state index contributed by atoms with van der Waals surface area (Å²) in [5.41, 5.74) is 4.50. The van der Waals surface area contributed by atoms with Gasteiger partial charge >= 0.3 is 6.09 Å². The summed E-state index contributed by atoms with van der Waals surface area (Å²) in [5.74, 6) is 0.212. The summed E-state index contributed by atoms with van der Waals surface area (Å²) < 4.78 is 7.12. The van der Waals surface area contributed by atoms with Crippen molar-refractivity contribution in [2.24, 2.45) is 7.05 Å². The first kappa shape index (κ1) is 30.5. The number of hydrogen-bond donors (Lipinski definition) is 2. The number of carbonyl (C=O) groups excluding carboxylic acids is 2. The number of ether oxygens (including phenoxy) is 1. The maximum Gasteiger partial charge on any atom is 0.417 e. The van der Waals surface area contributed by atoms with E-state index in [0.717, 1.165) is 36.1 Å². The highest BCUT2D eigenvalue weighted by Gasteiger charge is 2.44. The highest BCUT2D eigenvalue weighted by atomic mass is 32.1. The monoisotopic (exact) mass is 626 g/mol. The molecular formula is C34H38N6O4S. The number of rotatable bonds is 6. The van der Waals surface area contributed by atoms with Crippen LogP contribution in [-0.4, -0.2) is 58.5 Å². The van der Waals surface area contributed by atoms with Gasteiger partial charge in [-0.3, -0.25) is 19.8 Å². The average molecular weight is 627 g/mol. The van der Waals surface area contributed by atoms with E-state index >= 15 is 0 Å². The molecule has 6 rings (SSSR count). The molecule has 11 heteroatoms. The van der Waals surface area contributed by atoms with Crippen molar-refractivity contribution in [1.82, 2.24) is 19.4 Å². The van der Waals surface area contributed by atoms with Crippen molar-refractivity contribution in [2.75, 3.05) is 37.8 Å². The number of aryl methyl sites for hydroxylation is 3. The Hall–Kier alpha value is -4.48. The summed E-state index contributed by atoms with van der Waals surface area (Å²) in [5, 5.41) is 6.65. The number of carbonyl (C=O) groups is 2. The maximum atomic E-state index is 13.1. The van der Waals surface area contributed by atoms with Crippen LogP contribution in [-0.2, 0) is 30.2 Å². The zero-order valence-corrected chi connectivity index (χ0v) is 27.1. The van der Waals surface area contributed by atoms with E-state index in [-0.39, 0.29) is 17.3 Å². The standard InChI is InChI=1S/C34H38N6O4S/c1-21-25(10-8-11-26(21)37-33(43)44-29-19-22-9-6-7-12-28(22)45-29)27-20-39(4)31(41)30(36-27)35-24-15-13-23(14-16-24)34(2)32(42)38(3)17-18-40(34)5/h8,10-11,13-16,19-20H,6-7,9,12,17-18H2,1-5H3,(H,35,36)(H,37,43). The first-order chi connectivity index (χ1) is 21.5. The Morgan fingerprint density at radius 3 is 2.53 bits per heavy atom. The van der Waals surface area contributed by atoms with Crippen LogP contribution in [0.4, 0.5) is 22.0 Å². The van der Waals surface area contributed by atoms with Gasteiger partial charge < -0.3 is 19.5 Å². The van der Waals surface area contributed by atoms with Gasteiger partial charge in [-0.2, -0.15) is 0 Å². The summed E-state index contributed by atoms with van der Waals surface area (Å²) in [4.78, 5) is 48.8. The van der Waals surface area contributed by atoms with Crippen molar-refractivity contribution in [3.63, 3.8) is 0 Å². The molecule has 0 bridgehead atoms. The maximum absolute atomic E-state index is 13.1. The highest BCUT2D eigenvalue weighted by Crippen LogP contribution is 2.36. The molecule has 1 aliphatic carbocycles. The van der Waals surface area contributed by atoms with Crippen LogP contribution >= 0.6 is 11.3 Å². The van der Waals surface area contributed by atoms with E-state index < -0.39 is 11.6 Å². The zero-order valence-electron chi connectivity index (χ0n) is 26.3.